The van der Waals surface area contributed by atoms with Gasteiger partial charge in [0.05, 0.1) is 4.88 Å². The van der Waals surface area contributed by atoms with Gasteiger partial charge < -0.3 is 5.11 Å². The highest BCUT2D eigenvalue weighted by Gasteiger charge is 2.12. The van der Waals surface area contributed by atoms with Gasteiger partial charge in [0.2, 0.25) is 5.78 Å². The molecule has 0 saturated heterocycles. The topological polar surface area (TPSA) is 61.1 Å². The molecule has 0 aliphatic heterocycles. The van der Waals surface area contributed by atoms with Gasteiger partial charge in [0, 0.05) is 5.56 Å². The van der Waals surface area contributed by atoms with Crippen molar-refractivity contribution >= 4 is 23.2 Å². The number of benzene rings is 1. The van der Waals surface area contributed by atoms with Gasteiger partial charge in [-0.05, 0) is 49.1 Å². The summed E-state index contributed by atoms with van der Waals surface area (Å²) >= 11 is 1.31. The van der Waals surface area contributed by atoms with Gasteiger partial charge in [0.1, 0.15) is 17.2 Å². The summed E-state index contributed by atoms with van der Waals surface area (Å²) in [5.41, 5.74) is 0.565. The Morgan fingerprint density at radius 2 is 1.96 bits per heavy atom. The van der Waals surface area contributed by atoms with Crippen LogP contribution in [0, 0.1) is 23.2 Å². The molecular weight excluding hydrogens is 306 g/mol. The molecule has 3 nitrogen and oxygen atoms in total. The highest BCUT2D eigenvalue weighted by molar-refractivity contribution is 7.12. The molecular formula is C19H15NO2S. The maximum atomic E-state index is 12.2. The maximum absolute atomic E-state index is 12.2. The zero-order valence-corrected chi connectivity index (χ0v) is 13.6. The molecule has 0 atom stereocenters. The van der Waals surface area contributed by atoms with E-state index in [0.29, 0.717) is 4.88 Å². The smallest absolute Gasteiger partial charge is 0.213 e. The van der Waals surface area contributed by atoms with Crippen molar-refractivity contribution < 1.29 is 9.90 Å². The number of aliphatic hydroxyl groups is 1. The van der Waals surface area contributed by atoms with E-state index in [0.717, 1.165) is 11.1 Å². The number of hydrogen-bond acceptors (Lipinski definition) is 4. The Balaban J connectivity index is 2.23. The summed E-state index contributed by atoms with van der Waals surface area (Å²) in [6.45, 7) is 3.24. The van der Waals surface area contributed by atoms with Crippen LogP contribution in [0.5, 0.6) is 0 Å². The summed E-state index contributed by atoms with van der Waals surface area (Å²) in [4.78, 5) is 12.7. The van der Waals surface area contributed by atoms with Crippen molar-refractivity contribution in [2.24, 2.45) is 0 Å². The first-order valence-electron chi connectivity index (χ1n) is 6.95. The standard InChI is InChI=1S/C19H15NO2S/c1-19(2,22)10-9-14-5-7-15(8-6-14)12-16(13-20)18(21)17-4-3-11-23-17/h3-8,11-12,22H,1-2H3/b16-12-. The minimum atomic E-state index is -1.04. The number of allylic oxidation sites excluding steroid dienone is 1. The van der Waals surface area contributed by atoms with Gasteiger partial charge >= 0.3 is 0 Å². The third kappa shape index (κ3) is 4.93. The lowest BCUT2D eigenvalue weighted by atomic mass is 10.1. The van der Waals surface area contributed by atoms with E-state index < -0.39 is 5.60 Å². The van der Waals surface area contributed by atoms with Crippen LogP contribution in [0.3, 0.4) is 0 Å². The molecule has 1 aromatic carbocycles. The first-order chi connectivity index (χ1) is 10.9. The molecule has 1 heterocycles. The predicted octanol–water partition coefficient (Wildman–Crippen LogP) is 3.66. The SMILES string of the molecule is CC(C)(O)C#Cc1ccc(/C=C(/C#N)C(=O)c2cccs2)cc1. The van der Waals surface area contributed by atoms with E-state index in [9.17, 15) is 15.2 Å². The third-order valence-electron chi connectivity index (χ3n) is 2.84. The molecule has 2 aromatic rings. The van der Waals surface area contributed by atoms with Gasteiger partial charge in [-0.1, -0.05) is 30.0 Å². The number of carbonyl (C=O) groups excluding carboxylic acids is 1. The monoisotopic (exact) mass is 321 g/mol. The lowest BCUT2D eigenvalue weighted by Crippen LogP contribution is -2.14. The number of nitrogens with zero attached hydrogens (tertiary/aromatic N) is 1. The van der Waals surface area contributed by atoms with Crippen molar-refractivity contribution in [1.82, 2.24) is 0 Å². The molecule has 114 valence electrons. The van der Waals surface area contributed by atoms with Crippen molar-refractivity contribution in [3.8, 4) is 17.9 Å². The number of carbonyl (C=O) groups is 1. The number of Topliss-reactive ketones (excluding diaryl/α,β-unsaturated/α-hetero) is 1. The van der Waals surface area contributed by atoms with Crippen molar-refractivity contribution in [2.75, 3.05) is 0 Å². The van der Waals surface area contributed by atoms with E-state index in [1.54, 1.807) is 61.7 Å². The molecule has 23 heavy (non-hydrogen) atoms. The van der Waals surface area contributed by atoms with Gasteiger partial charge in [-0.15, -0.1) is 11.3 Å². The Hall–Kier alpha value is -2.66. The Morgan fingerprint density at radius 1 is 1.26 bits per heavy atom. The second kappa shape index (κ2) is 7.07. The van der Waals surface area contributed by atoms with E-state index in [1.807, 2.05) is 6.07 Å². The van der Waals surface area contributed by atoms with Crippen LogP contribution in [-0.2, 0) is 0 Å². The van der Waals surface area contributed by atoms with E-state index in [1.165, 1.54) is 11.3 Å². The quantitative estimate of drug-likeness (QED) is 0.406. The molecule has 4 heteroatoms. The van der Waals surface area contributed by atoms with E-state index >= 15 is 0 Å². The molecule has 0 aliphatic carbocycles. The average Bonchev–Trinajstić information content (AvgIpc) is 3.04. The summed E-state index contributed by atoms with van der Waals surface area (Å²) in [7, 11) is 0. The van der Waals surface area contributed by atoms with Crippen LogP contribution in [0.25, 0.3) is 6.08 Å². The third-order valence-corrected chi connectivity index (χ3v) is 3.71. The fourth-order valence-electron chi connectivity index (χ4n) is 1.74. The average molecular weight is 321 g/mol. The summed E-state index contributed by atoms with van der Waals surface area (Å²) < 4.78 is 0. The highest BCUT2D eigenvalue weighted by atomic mass is 32.1. The van der Waals surface area contributed by atoms with Crippen LogP contribution < -0.4 is 0 Å². The molecule has 0 aliphatic rings. The lowest BCUT2D eigenvalue weighted by Gasteiger charge is -2.05. The molecule has 1 N–H and O–H groups in total. The fraction of sp³-hybridized carbons (Fsp3) is 0.158. The van der Waals surface area contributed by atoms with Crippen LogP contribution in [0.2, 0.25) is 0 Å². The normalized spacial score (nSPS) is 11.3. The summed E-state index contributed by atoms with van der Waals surface area (Å²) in [5, 5.41) is 20.6. The molecule has 0 unspecified atom stereocenters. The van der Waals surface area contributed by atoms with Crippen LogP contribution in [0.4, 0.5) is 0 Å². The molecule has 0 bridgehead atoms. The number of thiophene rings is 1. The number of rotatable bonds is 3. The molecule has 0 amide bonds. The molecule has 2 rings (SSSR count). The van der Waals surface area contributed by atoms with Gasteiger partial charge in [0.15, 0.2) is 0 Å². The van der Waals surface area contributed by atoms with Crippen LogP contribution in [-0.4, -0.2) is 16.5 Å². The number of ketones is 1. The minimum Gasteiger partial charge on any atom is -0.378 e. The summed E-state index contributed by atoms with van der Waals surface area (Å²) in [6, 6.07) is 12.6. The molecule has 0 saturated carbocycles. The van der Waals surface area contributed by atoms with Crippen molar-refractivity contribution in [3.05, 3.63) is 63.4 Å². The van der Waals surface area contributed by atoms with Gasteiger partial charge in [0.25, 0.3) is 0 Å². The first-order valence-corrected chi connectivity index (χ1v) is 7.82. The van der Waals surface area contributed by atoms with Crippen LogP contribution >= 0.6 is 11.3 Å². The van der Waals surface area contributed by atoms with E-state index in [-0.39, 0.29) is 11.4 Å². The van der Waals surface area contributed by atoms with E-state index in [4.69, 9.17) is 0 Å². The minimum absolute atomic E-state index is 0.0998. The Bertz CT molecular complexity index is 821. The fourth-order valence-corrected chi connectivity index (χ4v) is 2.42. The maximum Gasteiger partial charge on any atom is 0.213 e. The van der Waals surface area contributed by atoms with Gasteiger partial charge in [-0.25, -0.2) is 0 Å². The summed E-state index contributed by atoms with van der Waals surface area (Å²) in [6.07, 6.45) is 1.56. The first kappa shape index (κ1) is 16.7. The van der Waals surface area contributed by atoms with Crippen LogP contribution in [0.15, 0.2) is 47.4 Å². The largest absolute Gasteiger partial charge is 0.378 e. The van der Waals surface area contributed by atoms with Crippen molar-refractivity contribution in [3.63, 3.8) is 0 Å². The predicted molar refractivity (Wildman–Crippen MR) is 91.9 cm³/mol. The lowest BCUT2D eigenvalue weighted by molar-refractivity contribution is 0.104. The Morgan fingerprint density at radius 3 is 2.48 bits per heavy atom. The second-order valence-corrected chi connectivity index (χ2v) is 6.35. The molecule has 0 radical (unpaired) electrons. The zero-order chi connectivity index (χ0) is 16.9. The Labute approximate surface area is 139 Å². The molecule has 0 fully saturated rings. The van der Waals surface area contributed by atoms with E-state index in [2.05, 4.69) is 11.8 Å². The number of nitriles is 1. The molecule has 1 aromatic heterocycles. The Kier molecular flexibility index (Phi) is 5.13. The molecule has 0 spiro atoms. The van der Waals surface area contributed by atoms with Gasteiger partial charge in [-0.3, -0.25) is 4.79 Å². The highest BCUT2D eigenvalue weighted by Crippen LogP contribution is 2.17. The van der Waals surface area contributed by atoms with Crippen molar-refractivity contribution in [1.29, 1.82) is 5.26 Å². The van der Waals surface area contributed by atoms with Crippen molar-refractivity contribution in [2.45, 2.75) is 19.4 Å². The van der Waals surface area contributed by atoms with Gasteiger partial charge in [-0.2, -0.15) is 5.26 Å². The second-order valence-electron chi connectivity index (χ2n) is 5.41. The van der Waals surface area contributed by atoms with Crippen LogP contribution in [0.1, 0.15) is 34.6 Å². The summed E-state index contributed by atoms with van der Waals surface area (Å²) in [5.74, 6) is 5.33. The number of hydrogen-bond donors (Lipinski definition) is 1. The zero-order valence-electron chi connectivity index (χ0n) is 12.8.